The Bertz CT molecular complexity index is 810. The number of carbonyl (C=O) groups is 1. The first-order valence-corrected chi connectivity index (χ1v) is 8.23. The minimum atomic E-state index is -0.115. The maximum Gasteiger partial charge on any atom is 0.316 e. The van der Waals surface area contributed by atoms with Crippen LogP contribution in [0.5, 0.6) is 0 Å². The number of amides is 2. The quantitative estimate of drug-likeness (QED) is 0.909. The van der Waals surface area contributed by atoms with Gasteiger partial charge in [0.15, 0.2) is 0 Å². The largest absolute Gasteiger partial charge is 0.341 e. The Balaban J connectivity index is 2.18. The first kappa shape index (κ1) is 18.4. The first-order valence-electron chi connectivity index (χ1n) is 8.23. The van der Waals surface area contributed by atoms with E-state index >= 15 is 0 Å². The number of urea groups is 1. The molecule has 0 radical (unpaired) electrons. The predicted octanol–water partition coefficient (Wildman–Crippen LogP) is 2.84. The van der Waals surface area contributed by atoms with Crippen LogP contribution in [0, 0.1) is 25.2 Å². The van der Waals surface area contributed by atoms with Gasteiger partial charge in [-0.05, 0) is 49.9 Å². The van der Waals surface area contributed by atoms with Crippen LogP contribution in [-0.2, 0) is 6.42 Å². The molecule has 1 aromatic heterocycles. The molecule has 2 aromatic rings. The van der Waals surface area contributed by atoms with Crippen molar-refractivity contribution in [1.82, 2.24) is 20.2 Å². The zero-order chi connectivity index (χ0) is 18.4. The van der Waals surface area contributed by atoms with Gasteiger partial charge in [-0.2, -0.15) is 5.26 Å². The Morgan fingerprint density at radius 3 is 2.64 bits per heavy atom. The summed E-state index contributed by atoms with van der Waals surface area (Å²) in [6.07, 6.45) is 1.44. The van der Waals surface area contributed by atoms with Crippen molar-refractivity contribution in [2.45, 2.75) is 26.7 Å². The summed E-state index contributed by atoms with van der Waals surface area (Å²) >= 11 is 0. The van der Waals surface area contributed by atoms with Crippen molar-refractivity contribution in [2.75, 3.05) is 20.6 Å². The van der Waals surface area contributed by atoms with E-state index in [1.807, 2.05) is 18.2 Å². The number of nitriles is 1. The van der Waals surface area contributed by atoms with Gasteiger partial charge >= 0.3 is 6.03 Å². The highest BCUT2D eigenvalue weighted by Gasteiger charge is 2.09. The van der Waals surface area contributed by atoms with E-state index < -0.39 is 0 Å². The number of nitrogens with one attached hydrogen (secondary N) is 1. The van der Waals surface area contributed by atoms with E-state index in [9.17, 15) is 10.1 Å². The Kier molecular flexibility index (Phi) is 6.07. The van der Waals surface area contributed by atoms with Crippen LogP contribution < -0.4 is 5.32 Å². The molecule has 2 rings (SSSR count). The molecule has 0 unspecified atom stereocenters. The highest BCUT2D eigenvalue weighted by molar-refractivity contribution is 5.73. The van der Waals surface area contributed by atoms with Crippen LogP contribution >= 0.6 is 0 Å². The number of rotatable bonds is 5. The number of aromatic nitrogens is 2. The summed E-state index contributed by atoms with van der Waals surface area (Å²) in [7, 11) is 3.36. The number of nitrogens with zero attached hydrogens (tertiary/aromatic N) is 4. The second kappa shape index (κ2) is 8.25. The van der Waals surface area contributed by atoms with Crippen molar-refractivity contribution < 1.29 is 4.79 Å². The number of aryl methyl sites for hydroxylation is 3. The molecule has 1 N–H and O–H groups in total. The number of hydrogen-bond donors (Lipinski definition) is 1. The lowest BCUT2D eigenvalue weighted by Gasteiger charge is -2.16. The second-order valence-electron chi connectivity index (χ2n) is 6.06. The number of hydrogen-bond acceptors (Lipinski definition) is 4. The van der Waals surface area contributed by atoms with Crippen LogP contribution in [0.2, 0.25) is 0 Å². The molecule has 6 nitrogen and oxygen atoms in total. The fraction of sp³-hybridized carbons (Fsp3) is 0.368. The summed E-state index contributed by atoms with van der Waals surface area (Å²) in [5, 5.41) is 11.8. The summed E-state index contributed by atoms with van der Waals surface area (Å²) < 4.78 is 0. The van der Waals surface area contributed by atoms with Gasteiger partial charge in [-0.15, -0.1) is 0 Å². The molecule has 2 amide bonds. The van der Waals surface area contributed by atoms with Gasteiger partial charge in [0.1, 0.15) is 6.07 Å². The van der Waals surface area contributed by atoms with E-state index in [0.717, 1.165) is 23.4 Å². The molecule has 0 fully saturated rings. The molecule has 0 atom stereocenters. The minimum absolute atomic E-state index is 0.115. The SMILES string of the molecule is CNC(=O)N(C)CCCc1cc(-c2ccc(C)c(C)c2)nc(C#N)n1. The van der Waals surface area contributed by atoms with E-state index in [4.69, 9.17) is 0 Å². The Hall–Kier alpha value is -2.94. The monoisotopic (exact) mass is 337 g/mol. The van der Waals surface area contributed by atoms with E-state index in [-0.39, 0.29) is 11.9 Å². The molecule has 0 saturated heterocycles. The summed E-state index contributed by atoms with van der Waals surface area (Å²) in [6, 6.07) is 9.97. The van der Waals surface area contributed by atoms with Crippen LogP contribution in [0.3, 0.4) is 0 Å². The van der Waals surface area contributed by atoms with E-state index in [1.54, 1.807) is 19.0 Å². The van der Waals surface area contributed by atoms with Gasteiger partial charge in [-0.1, -0.05) is 12.1 Å². The highest BCUT2D eigenvalue weighted by atomic mass is 16.2. The fourth-order valence-corrected chi connectivity index (χ4v) is 2.51. The predicted molar refractivity (Wildman–Crippen MR) is 97.1 cm³/mol. The summed E-state index contributed by atoms with van der Waals surface area (Å²) in [6.45, 7) is 4.74. The average Bonchev–Trinajstić information content (AvgIpc) is 2.62. The molecular formula is C19H23N5O. The Morgan fingerprint density at radius 1 is 1.24 bits per heavy atom. The lowest BCUT2D eigenvalue weighted by atomic mass is 10.0. The molecule has 0 spiro atoms. The fourth-order valence-electron chi connectivity index (χ4n) is 2.51. The zero-order valence-electron chi connectivity index (χ0n) is 15.1. The van der Waals surface area contributed by atoms with Crippen molar-refractivity contribution in [1.29, 1.82) is 5.26 Å². The van der Waals surface area contributed by atoms with Crippen LogP contribution in [-0.4, -0.2) is 41.5 Å². The highest BCUT2D eigenvalue weighted by Crippen LogP contribution is 2.21. The molecular weight excluding hydrogens is 314 g/mol. The van der Waals surface area contributed by atoms with Gasteiger partial charge in [0.05, 0.1) is 5.69 Å². The third-order valence-electron chi connectivity index (χ3n) is 4.17. The lowest BCUT2D eigenvalue weighted by Crippen LogP contribution is -2.35. The topological polar surface area (TPSA) is 81.9 Å². The molecule has 1 aromatic carbocycles. The molecule has 1 heterocycles. The first-order chi connectivity index (χ1) is 11.9. The maximum atomic E-state index is 11.5. The van der Waals surface area contributed by atoms with Gasteiger partial charge in [-0.3, -0.25) is 0 Å². The molecule has 0 aliphatic heterocycles. The van der Waals surface area contributed by atoms with Crippen molar-refractivity contribution in [3.8, 4) is 17.3 Å². The van der Waals surface area contributed by atoms with E-state index in [0.29, 0.717) is 13.0 Å². The second-order valence-corrected chi connectivity index (χ2v) is 6.06. The molecule has 0 aliphatic rings. The smallest absolute Gasteiger partial charge is 0.316 e. The Labute approximate surface area is 148 Å². The van der Waals surface area contributed by atoms with Gasteiger partial charge in [0, 0.05) is 31.9 Å². The third-order valence-corrected chi connectivity index (χ3v) is 4.17. The molecule has 25 heavy (non-hydrogen) atoms. The molecule has 0 aliphatic carbocycles. The van der Waals surface area contributed by atoms with Gasteiger partial charge in [-0.25, -0.2) is 14.8 Å². The third kappa shape index (κ3) is 4.77. The average molecular weight is 337 g/mol. The van der Waals surface area contributed by atoms with Crippen molar-refractivity contribution in [3.05, 3.63) is 46.9 Å². The maximum absolute atomic E-state index is 11.5. The molecule has 130 valence electrons. The minimum Gasteiger partial charge on any atom is -0.341 e. The summed E-state index contributed by atoms with van der Waals surface area (Å²) in [4.78, 5) is 21.7. The van der Waals surface area contributed by atoms with Gasteiger partial charge in [0.2, 0.25) is 5.82 Å². The van der Waals surface area contributed by atoms with E-state index in [2.05, 4.69) is 41.3 Å². The van der Waals surface area contributed by atoms with Crippen molar-refractivity contribution in [3.63, 3.8) is 0 Å². The number of benzene rings is 1. The molecule has 6 heteroatoms. The van der Waals surface area contributed by atoms with Crippen LogP contribution in [0.1, 0.15) is 29.1 Å². The molecule has 0 saturated carbocycles. The van der Waals surface area contributed by atoms with Crippen LogP contribution in [0.25, 0.3) is 11.3 Å². The summed E-state index contributed by atoms with van der Waals surface area (Å²) in [5.41, 5.74) is 4.94. The van der Waals surface area contributed by atoms with Gasteiger partial charge < -0.3 is 10.2 Å². The number of carbonyl (C=O) groups excluding carboxylic acids is 1. The lowest BCUT2D eigenvalue weighted by molar-refractivity contribution is 0.210. The standard InChI is InChI=1S/C19H23N5O/c1-13-7-8-15(10-14(13)2)17-11-16(22-18(12-20)23-17)6-5-9-24(4)19(25)21-3/h7-8,10-11H,5-6,9H2,1-4H3,(H,21,25). The molecule has 0 bridgehead atoms. The van der Waals surface area contributed by atoms with Crippen molar-refractivity contribution in [2.24, 2.45) is 0 Å². The summed E-state index contributed by atoms with van der Waals surface area (Å²) in [5.74, 6) is 0.172. The zero-order valence-corrected chi connectivity index (χ0v) is 15.1. The van der Waals surface area contributed by atoms with Crippen molar-refractivity contribution >= 4 is 6.03 Å². The van der Waals surface area contributed by atoms with Crippen LogP contribution in [0.15, 0.2) is 24.3 Å². The van der Waals surface area contributed by atoms with E-state index in [1.165, 1.54) is 11.1 Å². The van der Waals surface area contributed by atoms with Crippen LogP contribution in [0.4, 0.5) is 4.79 Å². The normalized spacial score (nSPS) is 10.2. The Morgan fingerprint density at radius 2 is 2.00 bits per heavy atom. The van der Waals surface area contributed by atoms with Gasteiger partial charge in [0.25, 0.3) is 0 Å².